The zero-order chi connectivity index (χ0) is 56.1. The van der Waals surface area contributed by atoms with Crippen molar-refractivity contribution in [2.45, 2.75) is 289 Å². The summed E-state index contributed by atoms with van der Waals surface area (Å²) in [4.78, 5) is 51.1. The molecule has 6 unspecified atom stereocenters. The average Bonchev–Trinajstić information content (AvgIpc) is 3.42. The van der Waals surface area contributed by atoms with E-state index < -0.39 is 67.3 Å². The molecule has 0 bridgehead atoms. The summed E-state index contributed by atoms with van der Waals surface area (Å²) in [7, 11) is 0. The molecule has 1 heterocycles. The molecule has 6 atom stereocenters. The normalized spacial score (nSPS) is 18.6. The second-order valence-electron chi connectivity index (χ2n) is 20.6. The lowest BCUT2D eigenvalue weighted by atomic mass is 9.98. The Morgan fingerprint density at radius 1 is 0.455 bits per heavy atom. The number of rotatable bonds is 51. The summed E-state index contributed by atoms with van der Waals surface area (Å²) in [5.74, 6) is -3.29. The minimum atomic E-state index is -1.94. The van der Waals surface area contributed by atoms with Gasteiger partial charge >= 0.3 is 23.9 Å². The Balaban J connectivity index is 2.71. The molecule has 0 radical (unpaired) electrons. The molecule has 0 aromatic heterocycles. The highest BCUT2D eigenvalue weighted by molar-refractivity contribution is 5.74. The van der Waals surface area contributed by atoms with E-state index >= 15 is 0 Å². The first-order valence-electron chi connectivity index (χ1n) is 30.6. The maximum absolute atomic E-state index is 13.1. The zero-order valence-electron chi connectivity index (χ0n) is 48.4. The third-order valence-electron chi connectivity index (χ3n) is 13.5. The number of carboxylic acids is 1. The van der Waals surface area contributed by atoms with E-state index in [1.807, 2.05) is 12.2 Å². The van der Waals surface area contributed by atoms with Crippen LogP contribution in [0.2, 0.25) is 0 Å². The number of unbranched alkanes of at least 4 members (excludes halogenated alkanes) is 24. The van der Waals surface area contributed by atoms with Crippen molar-refractivity contribution in [2.24, 2.45) is 0 Å². The molecule has 0 spiro atoms. The van der Waals surface area contributed by atoms with Crippen LogP contribution in [0.5, 0.6) is 0 Å². The largest absolute Gasteiger partial charge is 0.479 e. The zero-order valence-corrected chi connectivity index (χ0v) is 48.4. The number of carboxylic acid groups (broad SMARTS) is 1. The van der Waals surface area contributed by atoms with Gasteiger partial charge in [-0.1, -0.05) is 221 Å². The average molecular weight is 1080 g/mol. The van der Waals surface area contributed by atoms with Crippen LogP contribution in [0.15, 0.2) is 85.1 Å². The lowest BCUT2D eigenvalue weighted by Gasteiger charge is -2.40. The van der Waals surface area contributed by atoms with E-state index in [9.17, 15) is 34.5 Å². The highest BCUT2D eigenvalue weighted by Gasteiger charge is 2.50. The van der Waals surface area contributed by atoms with Crippen molar-refractivity contribution in [1.29, 1.82) is 0 Å². The highest BCUT2D eigenvalue weighted by Crippen LogP contribution is 2.26. The van der Waals surface area contributed by atoms with E-state index in [1.165, 1.54) is 109 Å². The number of carbonyl (C=O) groups is 4. The number of aliphatic hydroxyl groups is 2. The van der Waals surface area contributed by atoms with Crippen LogP contribution in [0.1, 0.15) is 252 Å². The van der Waals surface area contributed by atoms with Crippen molar-refractivity contribution >= 4 is 23.9 Å². The molecular formula is C65H108O12. The number of aliphatic hydroxyl groups excluding tert-OH is 2. The Hall–Kier alpha value is -4.10. The molecule has 0 saturated carbocycles. The lowest BCUT2D eigenvalue weighted by Crippen LogP contribution is -2.61. The van der Waals surface area contributed by atoms with Crippen LogP contribution in [-0.2, 0) is 42.9 Å². The van der Waals surface area contributed by atoms with Gasteiger partial charge in [0.2, 0.25) is 0 Å². The fourth-order valence-electron chi connectivity index (χ4n) is 8.79. The fourth-order valence-corrected chi connectivity index (χ4v) is 8.79. The van der Waals surface area contributed by atoms with Crippen LogP contribution in [0, 0.1) is 0 Å². The highest BCUT2D eigenvalue weighted by atomic mass is 16.7. The summed E-state index contributed by atoms with van der Waals surface area (Å²) in [5.41, 5.74) is 0. The van der Waals surface area contributed by atoms with Crippen LogP contribution in [0.4, 0.5) is 0 Å². The summed E-state index contributed by atoms with van der Waals surface area (Å²) >= 11 is 0. The van der Waals surface area contributed by atoms with Gasteiger partial charge in [-0.25, -0.2) is 4.79 Å². The first-order valence-corrected chi connectivity index (χ1v) is 30.6. The molecule has 0 aliphatic carbocycles. The van der Waals surface area contributed by atoms with Crippen molar-refractivity contribution in [3.05, 3.63) is 85.1 Å². The van der Waals surface area contributed by atoms with Gasteiger partial charge in [0, 0.05) is 12.8 Å². The van der Waals surface area contributed by atoms with Gasteiger partial charge in [0.25, 0.3) is 0 Å². The third-order valence-corrected chi connectivity index (χ3v) is 13.5. The molecule has 1 rings (SSSR count). The smallest absolute Gasteiger partial charge is 0.335 e. The van der Waals surface area contributed by atoms with Gasteiger partial charge in [0.05, 0.1) is 13.0 Å². The van der Waals surface area contributed by atoms with Crippen molar-refractivity contribution in [3.63, 3.8) is 0 Å². The van der Waals surface area contributed by atoms with Gasteiger partial charge in [-0.15, -0.1) is 0 Å². The van der Waals surface area contributed by atoms with E-state index in [4.69, 9.17) is 23.7 Å². The molecule has 1 saturated heterocycles. The Morgan fingerprint density at radius 3 is 1.31 bits per heavy atom. The number of hydrogen-bond acceptors (Lipinski definition) is 11. The third kappa shape index (κ3) is 42.5. The van der Waals surface area contributed by atoms with Crippen LogP contribution in [-0.4, -0.2) is 89.2 Å². The molecule has 0 amide bonds. The van der Waals surface area contributed by atoms with Gasteiger partial charge in [0.1, 0.15) is 18.8 Å². The van der Waals surface area contributed by atoms with E-state index in [0.717, 1.165) is 83.5 Å². The molecule has 12 heteroatoms. The van der Waals surface area contributed by atoms with Crippen LogP contribution in [0.3, 0.4) is 0 Å². The second-order valence-corrected chi connectivity index (χ2v) is 20.6. The van der Waals surface area contributed by atoms with E-state index in [0.29, 0.717) is 19.3 Å². The SMILES string of the molecule is CC/C=C\C/C=C\C/C=C\C/C=C\C/C=C\CC(=O)OC1C(OCC(COC(=O)CCCCCCCCCCC/C=C\CCCCCCCC)OC(=O)CCCCCCC/C=C\CCCCCC)OC(C(=O)O)C(O)C1O. The second kappa shape index (κ2) is 52.6. The number of ether oxygens (including phenoxy) is 5. The Labute approximate surface area is 467 Å². The Kier molecular flexibility index (Phi) is 48.4. The molecule has 3 N–H and O–H groups in total. The maximum atomic E-state index is 13.1. The van der Waals surface area contributed by atoms with Crippen molar-refractivity contribution in [1.82, 2.24) is 0 Å². The maximum Gasteiger partial charge on any atom is 0.335 e. The number of allylic oxidation sites excluding steroid dienone is 13. The molecule has 1 aliphatic rings. The molecule has 1 fully saturated rings. The predicted octanol–water partition coefficient (Wildman–Crippen LogP) is 15.9. The topological polar surface area (TPSA) is 175 Å². The van der Waals surface area contributed by atoms with Crippen LogP contribution in [0.25, 0.3) is 0 Å². The number of aliphatic carboxylic acids is 1. The number of esters is 3. The Bertz CT molecular complexity index is 1660. The van der Waals surface area contributed by atoms with Crippen LogP contribution < -0.4 is 0 Å². The van der Waals surface area contributed by atoms with Gasteiger partial charge in [-0.3, -0.25) is 14.4 Å². The van der Waals surface area contributed by atoms with E-state index in [2.05, 4.69) is 81.5 Å². The van der Waals surface area contributed by atoms with E-state index in [1.54, 1.807) is 12.2 Å². The molecule has 1 aliphatic heterocycles. The molecule has 0 aromatic carbocycles. The van der Waals surface area contributed by atoms with Gasteiger partial charge < -0.3 is 39.0 Å². The Morgan fingerprint density at radius 2 is 0.857 bits per heavy atom. The fraction of sp³-hybridized carbons (Fsp3) is 0.723. The first-order chi connectivity index (χ1) is 37.6. The van der Waals surface area contributed by atoms with Crippen molar-refractivity contribution in [3.8, 4) is 0 Å². The molecule has 440 valence electrons. The first kappa shape index (κ1) is 70.9. The number of carbonyl (C=O) groups excluding carboxylic acids is 3. The van der Waals surface area contributed by atoms with E-state index in [-0.39, 0.29) is 25.9 Å². The monoisotopic (exact) mass is 1080 g/mol. The van der Waals surface area contributed by atoms with Crippen LogP contribution >= 0.6 is 0 Å². The summed E-state index contributed by atoms with van der Waals surface area (Å²) in [6, 6.07) is 0. The molecule has 0 aromatic rings. The molecule has 12 nitrogen and oxygen atoms in total. The molecular weight excluding hydrogens is 973 g/mol. The van der Waals surface area contributed by atoms with Gasteiger partial charge in [-0.05, 0) is 96.3 Å². The summed E-state index contributed by atoms with van der Waals surface area (Å²) < 4.78 is 28.3. The predicted molar refractivity (Wildman–Crippen MR) is 312 cm³/mol. The molecule has 77 heavy (non-hydrogen) atoms. The van der Waals surface area contributed by atoms with Gasteiger partial charge in [-0.2, -0.15) is 0 Å². The van der Waals surface area contributed by atoms with Crippen molar-refractivity contribution < 1.29 is 58.2 Å². The van der Waals surface area contributed by atoms with Gasteiger partial charge in [0.15, 0.2) is 24.6 Å². The lowest BCUT2D eigenvalue weighted by molar-refractivity contribution is -0.301. The minimum Gasteiger partial charge on any atom is -0.479 e. The summed E-state index contributed by atoms with van der Waals surface area (Å²) in [5, 5.41) is 31.4. The number of hydrogen-bond donors (Lipinski definition) is 3. The standard InChI is InChI=1S/C65H108O12/c1-4-7-10-13-16-19-22-25-27-28-29-30-32-34-36-39-42-45-48-51-57(66)73-54-56(75-58(67)52-49-46-43-40-37-33-24-21-18-15-12-9-6-3)55-74-65-63(61(70)60(69)62(77-65)64(71)72)76-59(68)53-50-47-44-41-38-35-31-26-23-20-17-14-11-8-5-2/h8,11,17,20-21,24-27,31,38,41,47,50,56,60-63,65,69-70H,4-7,9-10,12-16,18-19,22-23,28-30,32-37,39-40,42-46,48-49,51-55H2,1-3H3,(H,71,72)/b11-8-,20-17-,24-21-,27-25-,31-26-,41-38-,50-47-. The summed E-state index contributed by atoms with van der Waals surface area (Å²) in [6.07, 6.45) is 55.8. The summed E-state index contributed by atoms with van der Waals surface area (Å²) in [6.45, 7) is 5.81. The van der Waals surface area contributed by atoms with Crippen molar-refractivity contribution in [2.75, 3.05) is 13.2 Å². The minimum absolute atomic E-state index is 0.140. The quantitative estimate of drug-likeness (QED) is 0.0228.